The molecule has 0 radical (unpaired) electrons. The maximum atomic E-state index is 11.3. The minimum Gasteiger partial charge on any atom is -0.351 e. The smallest absolute Gasteiger partial charge is 0.319 e. The van der Waals surface area contributed by atoms with E-state index in [2.05, 4.69) is 0 Å². The van der Waals surface area contributed by atoms with Crippen molar-refractivity contribution in [3.05, 3.63) is 35.4 Å². The van der Waals surface area contributed by atoms with Gasteiger partial charge >= 0.3 is 6.03 Å². The van der Waals surface area contributed by atoms with E-state index in [1.807, 2.05) is 5.32 Å². The standard InChI is InChI=1S/C9H11N3O2/c10-5-6-2-1-3-7(4-6)8(13)12-9(11)14/h1-4H,5,10H2,(H3,11,12,13,14). The van der Waals surface area contributed by atoms with Gasteiger partial charge in [-0.3, -0.25) is 10.1 Å². The molecule has 0 saturated carbocycles. The number of carbonyl (C=O) groups excluding carboxylic acids is 2. The summed E-state index contributed by atoms with van der Waals surface area (Å²) < 4.78 is 0. The van der Waals surface area contributed by atoms with Gasteiger partial charge in [0.2, 0.25) is 0 Å². The van der Waals surface area contributed by atoms with Crippen molar-refractivity contribution >= 4 is 11.9 Å². The Morgan fingerprint density at radius 1 is 1.36 bits per heavy atom. The molecule has 0 unspecified atom stereocenters. The summed E-state index contributed by atoms with van der Waals surface area (Å²) in [5, 5.41) is 1.97. The largest absolute Gasteiger partial charge is 0.351 e. The van der Waals surface area contributed by atoms with Crippen molar-refractivity contribution in [3.8, 4) is 0 Å². The van der Waals surface area contributed by atoms with Crippen LogP contribution >= 0.6 is 0 Å². The molecule has 0 aromatic heterocycles. The van der Waals surface area contributed by atoms with Gasteiger partial charge in [-0.25, -0.2) is 4.79 Å². The van der Waals surface area contributed by atoms with Crippen LogP contribution in [0.25, 0.3) is 0 Å². The third-order valence-electron chi connectivity index (χ3n) is 1.66. The molecule has 3 amide bonds. The summed E-state index contributed by atoms with van der Waals surface area (Å²) in [5.74, 6) is -0.521. The van der Waals surface area contributed by atoms with Crippen molar-refractivity contribution in [1.29, 1.82) is 0 Å². The van der Waals surface area contributed by atoms with E-state index in [1.165, 1.54) is 0 Å². The van der Waals surface area contributed by atoms with E-state index in [4.69, 9.17) is 11.5 Å². The molecule has 0 spiro atoms. The van der Waals surface area contributed by atoms with Crippen LogP contribution in [0.5, 0.6) is 0 Å². The highest BCUT2D eigenvalue weighted by Gasteiger charge is 2.07. The average Bonchev–Trinajstić information content (AvgIpc) is 2.17. The molecule has 5 nitrogen and oxygen atoms in total. The van der Waals surface area contributed by atoms with Gasteiger partial charge in [-0.05, 0) is 17.7 Å². The van der Waals surface area contributed by atoms with Gasteiger partial charge in [-0.2, -0.15) is 0 Å². The van der Waals surface area contributed by atoms with E-state index in [1.54, 1.807) is 24.3 Å². The number of nitrogens with two attached hydrogens (primary N) is 2. The minimum atomic E-state index is -0.867. The monoisotopic (exact) mass is 193 g/mol. The summed E-state index contributed by atoms with van der Waals surface area (Å²) in [6, 6.07) is 5.81. The van der Waals surface area contributed by atoms with Gasteiger partial charge in [0.1, 0.15) is 0 Å². The summed E-state index contributed by atoms with van der Waals surface area (Å²) in [4.78, 5) is 21.7. The van der Waals surface area contributed by atoms with Crippen LogP contribution in [0.2, 0.25) is 0 Å². The molecule has 0 aliphatic rings. The molecule has 0 bridgehead atoms. The maximum absolute atomic E-state index is 11.3. The summed E-state index contributed by atoms with van der Waals surface area (Å²) in [6.45, 7) is 0.345. The van der Waals surface area contributed by atoms with Gasteiger partial charge in [0.15, 0.2) is 0 Å². The highest BCUT2D eigenvalue weighted by molar-refractivity contribution is 6.03. The molecule has 74 valence electrons. The average molecular weight is 193 g/mol. The highest BCUT2D eigenvalue weighted by Crippen LogP contribution is 2.04. The van der Waals surface area contributed by atoms with Crippen LogP contribution in [0.1, 0.15) is 15.9 Å². The lowest BCUT2D eigenvalue weighted by Gasteiger charge is -2.02. The number of urea groups is 1. The fourth-order valence-corrected chi connectivity index (χ4v) is 1.02. The van der Waals surface area contributed by atoms with Crippen molar-refractivity contribution in [2.24, 2.45) is 11.5 Å². The van der Waals surface area contributed by atoms with Crippen LogP contribution in [0.3, 0.4) is 0 Å². The van der Waals surface area contributed by atoms with Crippen molar-refractivity contribution in [2.75, 3.05) is 0 Å². The Bertz CT molecular complexity index is 363. The summed E-state index contributed by atoms with van der Waals surface area (Å²) in [6.07, 6.45) is 0. The van der Waals surface area contributed by atoms with E-state index < -0.39 is 11.9 Å². The lowest BCUT2D eigenvalue weighted by Crippen LogP contribution is -2.34. The second-order valence-electron chi connectivity index (χ2n) is 2.72. The fraction of sp³-hybridized carbons (Fsp3) is 0.111. The zero-order valence-corrected chi connectivity index (χ0v) is 7.49. The van der Waals surface area contributed by atoms with E-state index >= 15 is 0 Å². The van der Waals surface area contributed by atoms with E-state index in [0.29, 0.717) is 12.1 Å². The first kappa shape index (κ1) is 10.2. The number of hydrogen-bond donors (Lipinski definition) is 3. The zero-order chi connectivity index (χ0) is 10.6. The van der Waals surface area contributed by atoms with Gasteiger partial charge < -0.3 is 11.5 Å². The predicted octanol–water partition coefficient (Wildman–Crippen LogP) is -0.0462. The molecule has 0 heterocycles. The second kappa shape index (κ2) is 4.38. The summed E-state index contributed by atoms with van der Waals surface area (Å²) in [7, 11) is 0. The van der Waals surface area contributed by atoms with Crippen molar-refractivity contribution in [3.63, 3.8) is 0 Å². The van der Waals surface area contributed by atoms with Crippen molar-refractivity contribution < 1.29 is 9.59 Å². The Labute approximate surface area is 81.1 Å². The third kappa shape index (κ3) is 2.56. The minimum absolute atomic E-state index is 0.345. The quantitative estimate of drug-likeness (QED) is 0.614. The molecule has 0 aliphatic carbocycles. The number of rotatable bonds is 2. The number of carbonyl (C=O) groups is 2. The van der Waals surface area contributed by atoms with E-state index in [0.717, 1.165) is 5.56 Å². The SMILES string of the molecule is NCc1cccc(C(=O)NC(N)=O)c1. The van der Waals surface area contributed by atoms with Gasteiger partial charge in [-0.15, -0.1) is 0 Å². The topological polar surface area (TPSA) is 98.2 Å². The molecule has 1 aromatic carbocycles. The summed E-state index contributed by atoms with van der Waals surface area (Å²) >= 11 is 0. The molecule has 1 rings (SSSR count). The van der Waals surface area contributed by atoms with Crippen LogP contribution in [0.15, 0.2) is 24.3 Å². The molecule has 0 atom stereocenters. The van der Waals surface area contributed by atoms with Crippen LogP contribution in [-0.2, 0) is 6.54 Å². The number of benzene rings is 1. The first-order chi connectivity index (χ1) is 6.63. The Morgan fingerprint density at radius 3 is 2.64 bits per heavy atom. The van der Waals surface area contributed by atoms with Crippen LogP contribution < -0.4 is 16.8 Å². The van der Waals surface area contributed by atoms with Gasteiger partial charge in [0.25, 0.3) is 5.91 Å². The predicted molar refractivity (Wildman–Crippen MR) is 51.4 cm³/mol. The Balaban J connectivity index is 2.84. The normalized spacial score (nSPS) is 9.50. The highest BCUT2D eigenvalue weighted by atomic mass is 16.2. The Morgan fingerprint density at radius 2 is 2.07 bits per heavy atom. The molecule has 0 aliphatic heterocycles. The third-order valence-corrected chi connectivity index (χ3v) is 1.66. The van der Waals surface area contributed by atoms with Crippen LogP contribution in [-0.4, -0.2) is 11.9 Å². The zero-order valence-electron chi connectivity index (χ0n) is 7.49. The number of imide groups is 1. The van der Waals surface area contributed by atoms with E-state index in [-0.39, 0.29) is 0 Å². The molecular formula is C9H11N3O2. The lowest BCUT2D eigenvalue weighted by molar-refractivity contribution is 0.0966. The van der Waals surface area contributed by atoms with Gasteiger partial charge in [0, 0.05) is 12.1 Å². The van der Waals surface area contributed by atoms with Crippen molar-refractivity contribution in [2.45, 2.75) is 6.54 Å². The molecule has 0 saturated heterocycles. The van der Waals surface area contributed by atoms with E-state index in [9.17, 15) is 9.59 Å². The molecular weight excluding hydrogens is 182 g/mol. The molecule has 0 fully saturated rings. The maximum Gasteiger partial charge on any atom is 0.319 e. The molecule has 5 N–H and O–H groups in total. The number of amides is 3. The Kier molecular flexibility index (Phi) is 3.19. The second-order valence-corrected chi connectivity index (χ2v) is 2.72. The van der Waals surface area contributed by atoms with Crippen LogP contribution in [0, 0.1) is 0 Å². The molecule has 1 aromatic rings. The Hall–Kier alpha value is -1.88. The number of nitrogens with one attached hydrogen (secondary N) is 1. The first-order valence-corrected chi connectivity index (χ1v) is 4.03. The molecule has 5 heteroatoms. The van der Waals surface area contributed by atoms with Gasteiger partial charge in [0.05, 0.1) is 0 Å². The van der Waals surface area contributed by atoms with Crippen molar-refractivity contribution in [1.82, 2.24) is 5.32 Å². The number of hydrogen-bond acceptors (Lipinski definition) is 3. The van der Waals surface area contributed by atoms with Crippen LogP contribution in [0.4, 0.5) is 4.79 Å². The first-order valence-electron chi connectivity index (χ1n) is 4.03. The summed E-state index contributed by atoms with van der Waals surface area (Å²) in [5.41, 5.74) is 11.4. The molecule has 14 heavy (non-hydrogen) atoms. The number of primary amides is 1. The lowest BCUT2D eigenvalue weighted by atomic mass is 10.1. The van der Waals surface area contributed by atoms with Gasteiger partial charge in [-0.1, -0.05) is 12.1 Å². The fourth-order valence-electron chi connectivity index (χ4n) is 1.02.